The molecule has 1 saturated heterocycles. The molecule has 0 radical (unpaired) electrons. The standard InChI is InChI=1S/C16H30O2/c1-6-11-7-8-14(17)12(9-11)13-10-15(2,3)18-16(13,4)5/h11-14,17H,6-10H2,1-5H3. The van der Waals surface area contributed by atoms with Crippen LogP contribution in [0.4, 0.5) is 0 Å². The Balaban J connectivity index is 2.14. The van der Waals surface area contributed by atoms with Gasteiger partial charge in [-0.1, -0.05) is 13.3 Å². The molecule has 0 bridgehead atoms. The summed E-state index contributed by atoms with van der Waals surface area (Å²) in [5.74, 6) is 1.73. The molecule has 0 amide bonds. The van der Waals surface area contributed by atoms with Gasteiger partial charge < -0.3 is 9.84 Å². The number of rotatable bonds is 2. The van der Waals surface area contributed by atoms with E-state index in [1.807, 2.05) is 0 Å². The molecule has 2 heteroatoms. The van der Waals surface area contributed by atoms with Gasteiger partial charge in [0.15, 0.2) is 0 Å². The molecule has 1 heterocycles. The fourth-order valence-corrected chi connectivity index (χ4v) is 4.36. The van der Waals surface area contributed by atoms with Crippen molar-refractivity contribution in [3.8, 4) is 0 Å². The highest BCUT2D eigenvalue weighted by Gasteiger charge is 2.51. The van der Waals surface area contributed by atoms with E-state index in [4.69, 9.17) is 4.74 Å². The quantitative estimate of drug-likeness (QED) is 0.813. The first-order valence-corrected chi connectivity index (χ1v) is 7.63. The van der Waals surface area contributed by atoms with Crippen molar-refractivity contribution in [2.45, 2.75) is 84.0 Å². The van der Waals surface area contributed by atoms with Gasteiger partial charge in [0.05, 0.1) is 17.3 Å². The lowest BCUT2D eigenvalue weighted by Crippen LogP contribution is -2.41. The highest BCUT2D eigenvalue weighted by atomic mass is 16.5. The summed E-state index contributed by atoms with van der Waals surface area (Å²) in [7, 11) is 0. The van der Waals surface area contributed by atoms with Crippen molar-refractivity contribution in [2.24, 2.45) is 17.8 Å². The Labute approximate surface area is 112 Å². The van der Waals surface area contributed by atoms with Crippen molar-refractivity contribution < 1.29 is 9.84 Å². The molecule has 0 spiro atoms. The predicted octanol–water partition coefficient (Wildman–Crippen LogP) is 3.77. The molecule has 4 atom stereocenters. The van der Waals surface area contributed by atoms with Gasteiger partial charge in [-0.2, -0.15) is 0 Å². The molecule has 18 heavy (non-hydrogen) atoms. The summed E-state index contributed by atoms with van der Waals surface area (Å²) in [6, 6.07) is 0. The van der Waals surface area contributed by atoms with E-state index in [0.29, 0.717) is 11.8 Å². The normalized spacial score (nSPS) is 43.0. The lowest BCUT2D eigenvalue weighted by molar-refractivity contribution is -0.0934. The van der Waals surface area contributed by atoms with Crippen LogP contribution in [0.15, 0.2) is 0 Å². The van der Waals surface area contributed by atoms with Crippen molar-refractivity contribution in [3.63, 3.8) is 0 Å². The summed E-state index contributed by atoms with van der Waals surface area (Å²) < 4.78 is 6.21. The molecule has 2 nitrogen and oxygen atoms in total. The van der Waals surface area contributed by atoms with Crippen LogP contribution in [0.25, 0.3) is 0 Å². The second-order valence-electron chi connectivity index (χ2n) is 7.59. The second kappa shape index (κ2) is 4.79. The van der Waals surface area contributed by atoms with Crippen LogP contribution in [-0.4, -0.2) is 22.4 Å². The Bertz CT molecular complexity index is 295. The van der Waals surface area contributed by atoms with Gasteiger partial charge in [-0.15, -0.1) is 0 Å². The molecule has 0 aromatic rings. The summed E-state index contributed by atoms with van der Waals surface area (Å²) >= 11 is 0. The predicted molar refractivity (Wildman–Crippen MR) is 74.5 cm³/mol. The van der Waals surface area contributed by atoms with Gasteiger partial charge >= 0.3 is 0 Å². The highest BCUT2D eigenvalue weighted by Crippen LogP contribution is 2.50. The van der Waals surface area contributed by atoms with E-state index in [1.165, 1.54) is 19.3 Å². The van der Waals surface area contributed by atoms with Crippen LogP contribution in [0.3, 0.4) is 0 Å². The van der Waals surface area contributed by atoms with Gasteiger partial charge in [-0.3, -0.25) is 0 Å². The number of aliphatic hydroxyl groups is 1. The van der Waals surface area contributed by atoms with Gasteiger partial charge in [-0.25, -0.2) is 0 Å². The third kappa shape index (κ3) is 2.75. The van der Waals surface area contributed by atoms with Crippen LogP contribution in [0.1, 0.15) is 66.7 Å². The molecule has 0 aromatic heterocycles. The fraction of sp³-hybridized carbons (Fsp3) is 1.00. The van der Waals surface area contributed by atoms with Gasteiger partial charge in [-0.05, 0) is 71.1 Å². The minimum absolute atomic E-state index is 0.0347. The lowest BCUT2D eigenvalue weighted by atomic mass is 9.67. The maximum absolute atomic E-state index is 10.4. The first-order chi connectivity index (χ1) is 8.25. The largest absolute Gasteiger partial charge is 0.393 e. The van der Waals surface area contributed by atoms with Crippen LogP contribution in [0, 0.1) is 17.8 Å². The van der Waals surface area contributed by atoms with Gasteiger partial charge in [0.2, 0.25) is 0 Å². The Hall–Kier alpha value is -0.0800. The van der Waals surface area contributed by atoms with E-state index in [1.54, 1.807) is 0 Å². The molecule has 2 fully saturated rings. The molecule has 106 valence electrons. The van der Waals surface area contributed by atoms with Crippen molar-refractivity contribution in [1.29, 1.82) is 0 Å². The van der Waals surface area contributed by atoms with Crippen molar-refractivity contribution in [1.82, 2.24) is 0 Å². The third-order valence-corrected chi connectivity index (χ3v) is 5.21. The molecule has 1 aliphatic carbocycles. The van der Waals surface area contributed by atoms with E-state index in [2.05, 4.69) is 34.6 Å². The molecule has 1 aliphatic heterocycles. The first-order valence-electron chi connectivity index (χ1n) is 7.63. The smallest absolute Gasteiger partial charge is 0.0666 e. The molecular formula is C16H30O2. The van der Waals surface area contributed by atoms with Gasteiger partial charge in [0.1, 0.15) is 0 Å². The number of ether oxygens (including phenoxy) is 1. The van der Waals surface area contributed by atoms with Crippen molar-refractivity contribution in [2.75, 3.05) is 0 Å². The van der Waals surface area contributed by atoms with E-state index in [0.717, 1.165) is 18.8 Å². The molecule has 2 aliphatic rings. The average molecular weight is 254 g/mol. The monoisotopic (exact) mass is 254 g/mol. The Morgan fingerprint density at radius 3 is 2.33 bits per heavy atom. The van der Waals surface area contributed by atoms with Crippen molar-refractivity contribution in [3.05, 3.63) is 0 Å². The molecular weight excluding hydrogens is 224 g/mol. The average Bonchev–Trinajstić information content (AvgIpc) is 2.47. The zero-order valence-corrected chi connectivity index (χ0v) is 12.7. The van der Waals surface area contributed by atoms with Gasteiger partial charge in [0, 0.05) is 0 Å². The minimum atomic E-state index is -0.116. The molecule has 1 saturated carbocycles. The molecule has 0 aromatic carbocycles. The Morgan fingerprint density at radius 1 is 1.17 bits per heavy atom. The Kier molecular flexibility index (Phi) is 3.81. The van der Waals surface area contributed by atoms with E-state index in [-0.39, 0.29) is 17.3 Å². The number of hydrogen-bond acceptors (Lipinski definition) is 2. The summed E-state index contributed by atoms with van der Waals surface area (Å²) in [5, 5.41) is 10.4. The molecule has 4 unspecified atom stereocenters. The topological polar surface area (TPSA) is 29.5 Å². The van der Waals surface area contributed by atoms with Crippen LogP contribution in [0.5, 0.6) is 0 Å². The second-order valence-corrected chi connectivity index (χ2v) is 7.59. The lowest BCUT2D eigenvalue weighted by Gasteiger charge is -2.40. The van der Waals surface area contributed by atoms with Gasteiger partial charge in [0.25, 0.3) is 0 Å². The summed E-state index contributed by atoms with van der Waals surface area (Å²) in [6.07, 6.45) is 5.58. The van der Waals surface area contributed by atoms with Crippen LogP contribution in [-0.2, 0) is 4.74 Å². The number of aliphatic hydroxyl groups excluding tert-OH is 1. The SMILES string of the molecule is CCC1CCC(O)C(C2CC(C)(C)OC2(C)C)C1. The summed E-state index contributed by atoms with van der Waals surface area (Å²) in [4.78, 5) is 0. The summed E-state index contributed by atoms with van der Waals surface area (Å²) in [6.45, 7) is 11.0. The van der Waals surface area contributed by atoms with E-state index in [9.17, 15) is 5.11 Å². The minimum Gasteiger partial charge on any atom is -0.393 e. The van der Waals surface area contributed by atoms with E-state index >= 15 is 0 Å². The van der Waals surface area contributed by atoms with E-state index < -0.39 is 0 Å². The van der Waals surface area contributed by atoms with Crippen LogP contribution >= 0.6 is 0 Å². The summed E-state index contributed by atoms with van der Waals surface area (Å²) in [5.41, 5.74) is -0.127. The third-order valence-electron chi connectivity index (χ3n) is 5.21. The maximum atomic E-state index is 10.4. The maximum Gasteiger partial charge on any atom is 0.0666 e. The zero-order chi connectivity index (χ0) is 13.6. The molecule has 1 N–H and O–H groups in total. The van der Waals surface area contributed by atoms with Crippen LogP contribution < -0.4 is 0 Å². The fourth-order valence-electron chi connectivity index (χ4n) is 4.36. The number of hydrogen-bond donors (Lipinski definition) is 1. The first kappa shape index (κ1) is 14.3. The van der Waals surface area contributed by atoms with Crippen LogP contribution in [0.2, 0.25) is 0 Å². The zero-order valence-electron chi connectivity index (χ0n) is 12.7. The highest BCUT2D eigenvalue weighted by molar-refractivity contribution is 5.00. The Morgan fingerprint density at radius 2 is 1.83 bits per heavy atom. The van der Waals surface area contributed by atoms with Crippen molar-refractivity contribution >= 4 is 0 Å². The molecule has 2 rings (SSSR count).